The van der Waals surface area contributed by atoms with Crippen molar-refractivity contribution in [1.82, 2.24) is 0 Å². The van der Waals surface area contributed by atoms with E-state index in [0.29, 0.717) is 5.57 Å². The van der Waals surface area contributed by atoms with Crippen LogP contribution >= 0.6 is 23.2 Å². The summed E-state index contributed by atoms with van der Waals surface area (Å²) in [5, 5.41) is 0. The van der Waals surface area contributed by atoms with E-state index in [9.17, 15) is 4.79 Å². The van der Waals surface area contributed by atoms with Crippen molar-refractivity contribution < 1.29 is 4.79 Å². The van der Waals surface area contributed by atoms with E-state index < -0.39 is 11.3 Å². The summed E-state index contributed by atoms with van der Waals surface area (Å²) in [5.41, 5.74) is 7.17. The highest BCUT2D eigenvalue weighted by Crippen LogP contribution is 2.53. The van der Waals surface area contributed by atoms with Crippen LogP contribution in [0.25, 0.3) is 0 Å². The second-order valence-corrected chi connectivity index (χ2v) is 5.57. The summed E-state index contributed by atoms with van der Waals surface area (Å²) < 4.78 is 0.132. The molecule has 2 atom stereocenters. The Kier molecular flexibility index (Phi) is 3.43. The Morgan fingerprint density at radius 1 is 1.56 bits per heavy atom. The monoisotopic (exact) mass is 282 g/mol. The molecule has 1 radical (unpaired) electrons. The second kappa shape index (κ2) is 4.60. The summed E-state index contributed by atoms with van der Waals surface area (Å²) in [6, 6.07) is 8.75. The third-order valence-electron chi connectivity index (χ3n) is 3.77. The highest BCUT2D eigenvalue weighted by Gasteiger charge is 2.49. The van der Waals surface area contributed by atoms with Gasteiger partial charge in [0, 0.05) is 5.92 Å². The van der Waals surface area contributed by atoms with Gasteiger partial charge in [-0.15, -0.1) is 0 Å². The molecule has 2 nitrogen and oxygen atoms in total. The molecule has 1 aliphatic carbocycles. The van der Waals surface area contributed by atoms with Gasteiger partial charge in [-0.3, -0.25) is 4.79 Å². The number of hydrogen-bond donors (Lipinski definition) is 1. The molecule has 1 amide bonds. The van der Waals surface area contributed by atoms with Gasteiger partial charge < -0.3 is 5.73 Å². The van der Waals surface area contributed by atoms with Gasteiger partial charge in [0.25, 0.3) is 0 Å². The van der Waals surface area contributed by atoms with E-state index in [2.05, 4.69) is 6.07 Å². The highest BCUT2D eigenvalue weighted by molar-refractivity contribution is 6.56. The molecule has 0 spiro atoms. The maximum atomic E-state index is 11.9. The van der Waals surface area contributed by atoms with Crippen molar-refractivity contribution >= 4 is 29.1 Å². The van der Waals surface area contributed by atoms with Crippen molar-refractivity contribution in [3.05, 3.63) is 45.5 Å². The molecule has 4 heteroatoms. The average Bonchev–Trinajstić information content (AvgIpc) is 2.60. The molecule has 2 unspecified atom stereocenters. The number of amides is 1. The Morgan fingerprint density at radius 2 is 2.22 bits per heavy atom. The van der Waals surface area contributed by atoms with Crippen LogP contribution in [0.5, 0.6) is 0 Å². The van der Waals surface area contributed by atoms with Gasteiger partial charge in [-0.25, -0.2) is 0 Å². The quantitative estimate of drug-likeness (QED) is 0.887. The van der Waals surface area contributed by atoms with Crippen LogP contribution in [0, 0.1) is 6.07 Å². The number of fused-ring (bicyclic) bond motifs is 1. The van der Waals surface area contributed by atoms with Crippen LogP contribution in [0.15, 0.2) is 28.3 Å². The summed E-state index contributed by atoms with van der Waals surface area (Å²) in [5.74, 6) is -0.434. The van der Waals surface area contributed by atoms with E-state index >= 15 is 0 Å². The molecule has 0 aliphatic heterocycles. The molecule has 0 aromatic heterocycles. The minimum absolute atomic E-state index is 0.00343. The first-order chi connectivity index (χ1) is 8.44. The number of nitrogens with two attached hydrogens (primary N) is 1. The highest BCUT2D eigenvalue weighted by atomic mass is 35.5. The lowest BCUT2D eigenvalue weighted by molar-refractivity contribution is -0.121. The van der Waals surface area contributed by atoms with E-state index in [1.807, 2.05) is 25.1 Å². The molecule has 0 heterocycles. The maximum absolute atomic E-state index is 11.9. The van der Waals surface area contributed by atoms with Crippen LogP contribution in [0.4, 0.5) is 0 Å². The Morgan fingerprint density at radius 3 is 2.72 bits per heavy atom. The van der Waals surface area contributed by atoms with E-state index in [0.717, 1.165) is 17.5 Å². The number of hydrogen-bond acceptors (Lipinski definition) is 1. The SMILES string of the molecule is CCC1C(=C(Cl)Cl)C(C)(C(N)=O)c2ccc[c]c21. The van der Waals surface area contributed by atoms with Crippen molar-refractivity contribution in [3.63, 3.8) is 0 Å². The number of carbonyl (C=O) groups excluding carboxylic acids is 1. The Labute approximate surface area is 117 Å². The zero-order chi connectivity index (χ0) is 13.5. The number of rotatable bonds is 2. The van der Waals surface area contributed by atoms with Gasteiger partial charge in [0.1, 0.15) is 4.49 Å². The lowest BCUT2D eigenvalue weighted by Crippen LogP contribution is -2.38. The molecule has 0 fully saturated rings. The van der Waals surface area contributed by atoms with E-state index in [1.165, 1.54) is 0 Å². The Balaban J connectivity index is 2.80. The first-order valence-electron chi connectivity index (χ1n) is 5.81. The summed E-state index contributed by atoms with van der Waals surface area (Å²) in [6.07, 6.45) is 0.800. The molecule has 1 aromatic rings. The fourth-order valence-corrected chi connectivity index (χ4v) is 3.45. The van der Waals surface area contributed by atoms with Crippen molar-refractivity contribution in [1.29, 1.82) is 0 Å². The van der Waals surface area contributed by atoms with Crippen LogP contribution in [-0.4, -0.2) is 5.91 Å². The summed E-state index contributed by atoms with van der Waals surface area (Å²) >= 11 is 12.0. The molecule has 0 saturated heterocycles. The summed E-state index contributed by atoms with van der Waals surface area (Å²) in [4.78, 5) is 11.9. The molecule has 18 heavy (non-hydrogen) atoms. The minimum Gasteiger partial charge on any atom is -0.369 e. The number of primary amides is 1. The lowest BCUT2D eigenvalue weighted by Gasteiger charge is -2.25. The zero-order valence-electron chi connectivity index (χ0n) is 10.3. The van der Waals surface area contributed by atoms with Gasteiger partial charge in [0.15, 0.2) is 0 Å². The van der Waals surface area contributed by atoms with Crippen LogP contribution in [0.2, 0.25) is 0 Å². The molecule has 2 rings (SSSR count). The molecule has 2 N–H and O–H groups in total. The van der Waals surface area contributed by atoms with Crippen molar-refractivity contribution in [2.75, 3.05) is 0 Å². The van der Waals surface area contributed by atoms with Crippen LogP contribution in [0.1, 0.15) is 37.3 Å². The minimum atomic E-state index is -0.938. The predicted molar refractivity (Wildman–Crippen MR) is 73.6 cm³/mol. The first-order valence-corrected chi connectivity index (χ1v) is 6.56. The average molecular weight is 283 g/mol. The summed E-state index contributed by atoms with van der Waals surface area (Å²) in [7, 11) is 0. The van der Waals surface area contributed by atoms with Gasteiger partial charge >= 0.3 is 0 Å². The third-order valence-corrected chi connectivity index (χ3v) is 4.17. The van der Waals surface area contributed by atoms with Crippen molar-refractivity contribution in [3.8, 4) is 0 Å². The normalized spacial score (nSPS) is 26.0. The zero-order valence-corrected chi connectivity index (χ0v) is 11.8. The summed E-state index contributed by atoms with van der Waals surface area (Å²) in [6.45, 7) is 3.80. The van der Waals surface area contributed by atoms with E-state index in [1.54, 1.807) is 6.92 Å². The lowest BCUT2D eigenvalue weighted by atomic mass is 9.79. The molecule has 1 aromatic carbocycles. The Bertz CT molecular complexity index is 534. The van der Waals surface area contributed by atoms with Crippen LogP contribution in [-0.2, 0) is 10.2 Å². The molecule has 1 aliphatic rings. The smallest absolute Gasteiger partial charge is 0.232 e. The second-order valence-electron chi connectivity index (χ2n) is 4.62. The topological polar surface area (TPSA) is 43.1 Å². The molecular formula is C14H14Cl2NO. The standard InChI is InChI=1S/C14H14Cl2NO/c1-3-8-9-6-4-5-7-10(9)14(2,13(17)18)11(8)12(15)16/h4-5,7-8H,3H2,1-2H3,(H2,17,18). The van der Waals surface area contributed by atoms with Gasteiger partial charge in [0.2, 0.25) is 5.91 Å². The fraction of sp³-hybridized carbons (Fsp3) is 0.357. The maximum Gasteiger partial charge on any atom is 0.232 e. The van der Waals surface area contributed by atoms with Crippen molar-refractivity contribution in [2.45, 2.75) is 31.6 Å². The van der Waals surface area contributed by atoms with Crippen molar-refractivity contribution in [2.24, 2.45) is 5.73 Å². The predicted octanol–water partition coefficient (Wildman–Crippen LogP) is 3.43. The van der Waals surface area contributed by atoms with Gasteiger partial charge in [-0.05, 0) is 36.1 Å². The largest absolute Gasteiger partial charge is 0.369 e. The van der Waals surface area contributed by atoms with E-state index in [4.69, 9.17) is 28.9 Å². The van der Waals surface area contributed by atoms with Gasteiger partial charge in [-0.2, -0.15) is 0 Å². The third kappa shape index (κ3) is 1.67. The number of benzene rings is 1. The van der Waals surface area contributed by atoms with Gasteiger partial charge in [-0.1, -0.05) is 48.3 Å². The number of carbonyl (C=O) groups is 1. The number of halogens is 2. The van der Waals surface area contributed by atoms with Gasteiger partial charge in [0.05, 0.1) is 5.41 Å². The Hall–Kier alpha value is -0.990. The fourth-order valence-electron chi connectivity index (χ4n) is 2.81. The molecule has 95 valence electrons. The molecular weight excluding hydrogens is 269 g/mol. The van der Waals surface area contributed by atoms with Crippen LogP contribution in [0.3, 0.4) is 0 Å². The van der Waals surface area contributed by atoms with E-state index in [-0.39, 0.29) is 10.4 Å². The molecule has 0 saturated carbocycles. The molecule has 0 bridgehead atoms. The first kappa shape index (κ1) is 13.4. The van der Waals surface area contributed by atoms with Crippen LogP contribution < -0.4 is 5.73 Å².